The van der Waals surface area contributed by atoms with E-state index in [-0.39, 0.29) is 18.5 Å². The van der Waals surface area contributed by atoms with Crippen molar-refractivity contribution in [3.63, 3.8) is 0 Å². The van der Waals surface area contributed by atoms with E-state index in [4.69, 9.17) is 19.2 Å². The van der Waals surface area contributed by atoms with Crippen molar-refractivity contribution in [2.45, 2.75) is 39.8 Å². The molecular formula is C24H28N2O4. The first-order chi connectivity index (χ1) is 14.5. The van der Waals surface area contributed by atoms with Gasteiger partial charge in [-0.25, -0.2) is 0 Å². The normalized spacial score (nSPS) is 15.7. The van der Waals surface area contributed by atoms with Gasteiger partial charge in [0, 0.05) is 24.5 Å². The summed E-state index contributed by atoms with van der Waals surface area (Å²) in [7, 11) is 0. The summed E-state index contributed by atoms with van der Waals surface area (Å²) in [6.07, 6.45) is 3.23. The van der Waals surface area contributed by atoms with E-state index in [1.54, 1.807) is 0 Å². The topological polar surface area (TPSA) is 74.8 Å². The number of allylic oxidation sites excluding steroid dienone is 1. The highest BCUT2D eigenvalue weighted by Gasteiger charge is 2.32. The molecule has 0 saturated carbocycles. The van der Waals surface area contributed by atoms with Crippen molar-refractivity contribution < 1.29 is 19.2 Å². The van der Waals surface area contributed by atoms with Gasteiger partial charge in [-0.1, -0.05) is 61.9 Å². The smallest absolute Gasteiger partial charge is 0.325 e. The van der Waals surface area contributed by atoms with Crippen molar-refractivity contribution in [1.82, 2.24) is 4.90 Å². The van der Waals surface area contributed by atoms with Crippen molar-refractivity contribution >= 4 is 18.0 Å². The minimum absolute atomic E-state index is 0.250. The Kier molecular flexibility index (Phi) is 11.4. The molecule has 1 heterocycles. The van der Waals surface area contributed by atoms with Gasteiger partial charge >= 0.3 is 12.3 Å². The summed E-state index contributed by atoms with van der Waals surface area (Å²) in [6.45, 7) is 8.98. The second-order valence-corrected chi connectivity index (χ2v) is 6.85. The van der Waals surface area contributed by atoms with Gasteiger partial charge in [0.1, 0.15) is 6.17 Å². The molecule has 158 valence electrons. The first-order valence-electron chi connectivity index (χ1n) is 9.83. The quantitative estimate of drug-likeness (QED) is 0.728. The van der Waals surface area contributed by atoms with Crippen LogP contribution in [0.5, 0.6) is 0 Å². The maximum Gasteiger partial charge on any atom is 0.373 e. The molecule has 1 atom stereocenters. The van der Waals surface area contributed by atoms with Crippen LogP contribution in [0.15, 0.2) is 71.9 Å². The summed E-state index contributed by atoms with van der Waals surface area (Å²) in [4.78, 5) is 37.6. The molecule has 0 saturated heterocycles. The third-order valence-electron chi connectivity index (χ3n) is 4.94. The van der Waals surface area contributed by atoms with E-state index in [2.05, 4.69) is 91.2 Å². The monoisotopic (exact) mass is 408 g/mol. The van der Waals surface area contributed by atoms with Crippen LogP contribution < -0.4 is 4.90 Å². The Morgan fingerprint density at radius 3 is 1.87 bits per heavy atom. The van der Waals surface area contributed by atoms with E-state index >= 15 is 0 Å². The van der Waals surface area contributed by atoms with Gasteiger partial charge in [-0.3, -0.25) is 4.90 Å². The highest BCUT2D eigenvalue weighted by atomic mass is 16.2. The Bertz CT molecular complexity index is 841. The Morgan fingerprint density at radius 1 is 0.867 bits per heavy atom. The first kappa shape index (κ1) is 24.7. The van der Waals surface area contributed by atoms with Gasteiger partial charge in [0.25, 0.3) is 0 Å². The van der Waals surface area contributed by atoms with Crippen LogP contribution in [-0.2, 0) is 19.2 Å². The zero-order valence-corrected chi connectivity index (χ0v) is 17.7. The number of hydrogen-bond acceptors (Lipinski definition) is 6. The first-order valence-corrected chi connectivity index (χ1v) is 9.83. The van der Waals surface area contributed by atoms with Crippen LogP contribution in [0.4, 0.5) is 5.69 Å². The second kappa shape index (κ2) is 13.8. The summed E-state index contributed by atoms with van der Waals surface area (Å²) in [5.74, 6) is 0. The predicted octanol–water partition coefficient (Wildman–Crippen LogP) is 4.43. The Morgan fingerprint density at radius 2 is 1.37 bits per heavy atom. The maximum absolute atomic E-state index is 8.12. The number of carbonyl (C=O) groups excluding carboxylic acids is 4. The maximum atomic E-state index is 8.12. The fourth-order valence-corrected chi connectivity index (χ4v) is 3.53. The lowest BCUT2D eigenvalue weighted by Gasteiger charge is -2.46. The van der Waals surface area contributed by atoms with Crippen LogP contribution in [0.3, 0.4) is 0 Å². The Labute approximate surface area is 177 Å². The van der Waals surface area contributed by atoms with Gasteiger partial charge in [-0.15, -0.1) is 0 Å². The molecule has 0 N–H and O–H groups in total. The number of hydrogen-bond donors (Lipinski definition) is 0. The number of para-hydroxylation sites is 1. The van der Waals surface area contributed by atoms with Crippen molar-refractivity contribution in [2.24, 2.45) is 0 Å². The fraction of sp³-hybridized carbons (Fsp3) is 0.333. The van der Waals surface area contributed by atoms with Crippen molar-refractivity contribution in [2.75, 3.05) is 18.0 Å². The van der Waals surface area contributed by atoms with Crippen LogP contribution in [0.25, 0.3) is 0 Å². The van der Waals surface area contributed by atoms with E-state index < -0.39 is 0 Å². The lowest BCUT2D eigenvalue weighted by atomic mass is 10.0. The summed E-state index contributed by atoms with van der Waals surface area (Å²) >= 11 is 0. The van der Waals surface area contributed by atoms with E-state index in [1.165, 1.54) is 35.4 Å². The number of benzene rings is 2. The number of nitrogens with zero attached hydrogens (tertiary/aromatic N) is 2. The molecule has 0 bridgehead atoms. The summed E-state index contributed by atoms with van der Waals surface area (Å²) in [5.41, 5.74) is 5.47. The lowest BCUT2D eigenvalue weighted by molar-refractivity contribution is -0.193. The van der Waals surface area contributed by atoms with Crippen molar-refractivity contribution in [1.29, 1.82) is 0 Å². The molecule has 30 heavy (non-hydrogen) atoms. The van der Waals surface area contributed by atoms with Crippen molar-refractivity contribution in [3.8, 4) is 0 Å². The van der Waals surface area contributed by atoms with Crippen LogP contribution in [0, 0.1) is 0 Å². The summed E-state index contributed by atoms with van der Waals surface area (Å²) in [6, 6.07) is 21.7. The van der Waals surface area contributed by atoms with Crippen LogP contribution in [0.2, 0.25) is 0 Å². The summed E-state index contributed by atoms with van der Waals surface area (Å²) < 4.78 is 0. The van der Waals surface area contributed by atoms with E-state index in [0.717, 1.165) is 13.1 Å². The zero-order valence-electron chi connectivity index (χ0n) is 17.7. The minimum Gasteiger partial charge on any atom is -0.325 e. The summed E-state index contributed by atoms with van der Waals surface area (Å²) in [5, 5.41) is 0. The molecule has 3 rings (SSSR count). The Balaban J connectivity index is 0.000000672. The van der Waals surface area contributed by atoms with Crippen molar-refractivity contribution in [3.05, 3.63) is 77.5 Å². The molecule has 0 aromatic heterocycles. The lowest BCUT2D eigenvalue weighted by Crippen LogP contribution is -2.46. The molecule has 1 unspecified atom stereocenters. The van der Waals surface area contributed by atoms with Gasteiger partial charge in [0.15, 0.2) is 0 Å². The average molecular weight is 408 g/mol. The fourth-order valence-electron chi connectivity index (χ4n) is 3.53. The van der Waals surface area contributed by atoms with Crippen LogP contribution in [-0.4, -0.2) is 30.3 Å². The number of unbranched alkanes of at least 4 members (excludes halogenated alkanes) is 1. The molecule has 0 fully saturated rings. The van der Waals surface area contributed by atoms with Gasteiger partial charge in [0.05, 0.1) is 0 Å². The molecule has 0 spiro atoms. The molecule has 1 aliphatic rings. The molecule has 2 aromatic carbocycles. The second-order valence-electron chi connectivity index (χ2n) is 6.85. The number of rotatable bonds is 5. The zero-order chi connectivity index (χ0) is 22.4. The molecule has 0 radical (unpaired) electrons. The minimum atomic E-state index is 0.250. The predicted molar refractivity (Wildman–Crippen MR) is 113 cm³/mol. The highest BCUT2D eigenvalue weighted by molar-refractivity contribution is 5.56. The molecule has 2 aromatic rings. The molecule has 0 amide bonds. The average Bonchev–Trinajstić information content (AvgIpc) is 2.76. The third-order valence-corrected chi connectivity index (χ3v) is 4.94. The molecule has 0 aliphatic carbocycles. The van der Waals surface area contributed by atoms with Gasteiger partial charge in [-0.2, -0.15) is 19.2 Å². The van der Waals surface area contributed by atoms with E-state index in [9.17, 15) is 0 Å². The van der Waals surface area contributed by atoms with E-state index in [0.29, 0.717) is 0 Å². The van der Waals surface area contributed by atoms with Crippen LogP contribution in [0.1, 0.15) is 45.3 Å². The molecular weight excluding hydrogens is 380 g/mol. The third kappa shape index (κ3) is 6.94. The largest absolute Gasteiger partial charge is 0.373 e. The SMILES string of the molecule is CCCCN1CC(C)=C(C)N(c2ccccc2)C1c1ccccc1.O=C=O.O=C=O. The highest BCUT2D eigenvalue weighted by Crippen LogP contribution is 2.38. The standard InChI is InChI=1S/C22H28N2.2CO2/c1-4-5-16-23-17-18(2)19(3)24(21-14-10-7-11-15-21)22(23)20-12-8-6-9-13-20;2*2-1-3/h6-15,22H,4-5,16-17H2,1-3H3;;. The van der Waals surface area contributed by atoms with Gasteiger partial charge < -0.3 is 4.90 Å². The van der Waals surface area contributed by atoms with Gasteiger partial charge in [-0.05, 0) is 43.5 Å². The molecule has 6 nitrogen and oxygen atoms in total. The number of anilines is 1. The van der Waals surface area contributed by atoms with E-state index in [1.807, 2.05) is 0 Å². The van der Waals surface area contributed by atoms with Gasteiger partial charge in [0.2, 0.25) is 0 Å². The Hall–Kier alpha value is -3.30. The van der Waals surface area contributed by atoms with Crippen LogP contribution >= 0.6 is 0 Å². The molecule has 1 aliphatic heterocycles. The molecule has 6 heteroatoms.